The van der Waals surface area contributed by atoms with Gasteiger partial charge in [0.2, 0.25) is 0 Å². The molecule has 2 rings (SSSR count). The third kappa shape index (κ3) is 1.07. The fraction of sp³-hybridized carbons (Fsp3) is 0.250. The van der Waals surface area contributed by atoms with E-state index in [1.54, 1.807) is 11.3 Å². The third-order valence-corrected chi connectivity index (χ3v) is 3.22. The number of hydrogen-bond acceptors (Lipinski definition) is 3. The first-order valence-corrected chi connectivity index (χ1v) is 5.04. The van der Waals surface area contributed by atoms with Gasteiger partial charge < -0.3 is 4.57 Å². The highest BCUT2D eigenvalue weighted by Gasteiger charge is 1.99. The maximum Gasteiger partial charge on any atom is 0.125 e. The van der Waals surface area contributed by atoms with E-state index in [0.29, 0.717) is 0 Å². The number of hydrogen-bond donors (Lipinski definition) is 0. The maximum absolute atomic E-state index is 5.28. The Morgan fingerprint density at radius 1 is 1.67 bits per heavy atom. The van der Waals surface area contributed by atoms with Crippen molar-refractivity contribution in [2.75, 3.05) is 0 Å². The van der Waals surface area contributed by atoms with Crippen LogP contribution in [0.1, 0.15) is 6.92 Å². The first-order valence-electron chi connectivity index (χ1n) is 3.75. The van der Waals surface area contributed by atoms with Crippen LogP contribution in [-0.4, -0.2) is 9.55 Å². The second-order valence-electron chi connectivity index (χ2n) is 2.47. The van der Waals surface area contributed by atoms with Crippen LogP contribution in [0.25, 0.3) is 10.2 Å². The summed E-state index contributed by atoms with van der Waals surface area (Å²) in [7, 11) is 0. The molecule has 12 heavy (non-hydrogen) atoms. The zero-order valence-electron chi connectivity index (χ0n) is 6.65. The van der Waals surface area contributed by atoms with E-state index in [1.165, 1.54) is 0 Å². The van der Waals surface area contributed by atoms with Gasteiger partial charge in [0, 0.05) is 12.7 Å². The summed E-state index contributed by atoms with van der Waals surface area (Å²) in [6.07, 6.45) is 1.99. The molecule has 0 saturated carbocycles. The van der Waals surface area contributed by atoms with Crippen molar-refractivity contribution in [3.8, 4) is 0 Å². The Labute approximate surface area is 79.5 Å². The summed E-state index contributed by atoms with van der Waals surface area (Å²) in [5.41, 5.74) is 2.84. The lowest BCUT2D eigenvalue weighted by molar-refractivity contribution is 0.752. The molecule has 0 amide bonds. The van der Waals surface area contributed by atoms with Crippen molar-refractivity contribution in [1.29, 1.82) is 0 Å². The molecule has 2 aromatic heterocycles. The van der Waals surface area contributed by atoms with E-state index < -0.39 is 0 Å². The van der Waals surface area contributed by atoms with Crippen LogP contribution >= 0.6 is 23.6 Å². The maximum atomic E-state index is 5.28. The smallest absolute Gasteiger partial charge is 0.125 e. The van der Waals surface area contributed by atoms with Crippen LogP contribution in [0.2, 0.25) is 0 Å². The number of aryl methyl sites for hydroxylation is 1. The SMILES string of the molecule is CCn1ccc2ncsc2c1=S. The van der Waals surface area contributed by atoms with E-state index in [4.69, 9.17) is 12.2 Å². The molecule has 0 saturated heterocycles. The van der Waals surface area contributed by atoms with Crippen LogP contribution in [0, 0.1) is 4.64 Å². The molecule has 0 aliphatic rings. The highest BCUT2D eigenvalue weighted by molar-refractivity contribution is 7.71. The number of fused-ring (bicyclic) bond motifs is 1. The fourth-order valence-electron chi connectivity index (χ4n) is 1.14. The van der Waals surface area contributed by atoms with Crippen molar-refractivity contribution in [1.82, 2.24) is 9.55 Å². The van der Waals surface area contributed by atoms with Crippen molar-refractivity contribution < 1.29 is 0 Å². The Kier molecular flexibility index (Phi) is 1.94. The van der Waals surface area contributed by atoms with Gasteiger partial charge in [0.15, 0.2) is 0 Å². The number of nitrogens with zero attached hydrogens (tertiary/aromatic N) is 2. The zero-order chi connectivity index (χ0) is 8.55. The van der Waals surface area contributed by atoms with Gasteiger partial charge >= 0.3 is 0 Å². The number of thiazole rings is 1. The molecule has 0 aliphatic carbocycles. The van der Waals surface area contributed by atoms with Gasteiger partial charge in [0.25, 0.3) is 0 Å². The molecule has 0 radical (unpaired) electrons. The van der Waals surface area contributed by atoms with Crippen molar-refractivity contribution in [3.63, 3.8) is 0 Å². The van der Waals surface area contributed by atoms with Gasteiger partial charge in [-0.05, 0) is 13.0 Å². The molecule has 0 bridgehead atoms. The minimum Gasteiger partial charge on any atom is -0.338 e. The molecule has 2 aromatic rings. The summed E-state index contributed by atoms with van der Waals surface area (Å²) in [4.78, 5) is 4.19. The molecule has 0 aliphatic heterocycles. The lowest BCUT2D eigenvalue weighted by Gasteiger charge is -2.01. The molecule has 0 unspecified atom stereocenters. The number of aromatic nitrogens is 2. The summed E-state index contributed by atoms with van der Waals surface area (Å²) in [6.45, 7) is 3.01. The van der Waals surface area contributed by atoms with Crippen LogP contribution in [-0.2, 0) is 6.54 Å². The first-order chi connectivity index (χ1) is 5.83. The third-order valence-electron chi connectivity index (χ3n) is 1.80. The van der Waals surface area contributed by atoms with Crippen LogP contribution < -0.4 is 0 Å². The average Bonchev–Trinajstić information content (AvgIpc) is 2.53. The Morgan fingerprint density at radius 2 is 2.50 bits per heavy atom. The van der Waals surface area contributed by atoms with E-state index >= 15 is 0 Å². The van der Waals surface area contributed by atoms with Gasteiger partial charge in [-0.3, -0.25) is 0 Å². The predicted octanol–water partition coefficient (Wildman–Crippen LogP) is 2.85. The standard InChI is InChI=1S/C8H8N2S2/c1-2-10-4-3-6-7(8(10)11)12-5-9-6/h3-5H,2H2,1H3. The van der Waals surface area contributed by atoms with E-state index in [0.717, 1.165) is 21.4 Å². The largest absolute Gasteiger partial charge is 0.338 e. The van der Waals surface area contributed by atoms with Crippen LogP contribution in [0.4, 0.5) is 0 Å². The van der Waals surface area contributed by atoms with Crippen molar-refractivity contribution in [3.05, 3.63) is 22.4 Å². The Morgan fingerprint density at radius 3 is 3.25 bits per heavy atom. The van der Waals surface area contributed by atoms with Crippen LogP contribution in [0.5, 0.6) is 0 Å². The van der Waals surface area contributed by atoms with Crippen LogP contribution in [0.3, 0.4) is 0 Å². The van der Waals surface area contributed by atoms with Crippen molar-refractivity contribution >= 4 is 33.8 Å². The molecule has 2 nitrogen and oxygen atoms in total. The van der Waals surface area contributed by atoms with Gasteiger partial charge in [0.05, 0.1) is 15.7 Å². The van der Waals surface area contributed by atoms with Crippen LogP contribution in [0.15, 0.2) is 17.8 Å². The monoisotopic (exact) mass is 196 g/mol. The fourth-order valence-corrected chi connectivity index (χ4v) is 2.31. The highest BCUT2D eigenvalue weighted by atomic mass is 32.1. The number of rotatable bonds is 1. The van der Waals surface area contributed by atoms with Crippen molar-refractivity contribution in [2.45, 2.75) is 13.5 Å². The van der Waals surface area contributed by atoms with E-state index in [1.807, 2.05) is 17.8 Å². The molecule has 0 N–H and O–H groups in total. The first kappa shape index (κ1) is 7.89. The Bertz CT molecular complexity index is 455. The summed E-state index contributed by atoms with van der Waals surface area (Å²) in [6, 6.07) is 2.01. The summed E-state index contributed by atoms with van der Waals surface area (Å²) >= 11 is 6.89. The molecular weight excluding hydrogens is 188 g/mol. The van der Waals surface area contributed by atoms with E-state index in [-0.39, 0.29) is 0 Å². The summed E-state index contributed by atoms with van der Waals surface area (Å²) in [5, 5.41) is 0. The minimum atomic E-state index is 0.900. The minimum absolute atomic E-state index is 0.900. The Hall–Kier alpha value is -0.740. The van der Waals surface area contributed by atoms with Gasteiger partial charge in [-0.2, -0.15) is 0 Å². The highest BCUT2D eigenvalue weighted by Crippen LogP contribution is 2.18. The molecule has 4 heteroatoms. The van der Waals surface area contributed by atoms with Gasteiger partial charge in [-0.1, -0.05) is 12.2 Å². The van der Waals surface area contributed by atoms with Gasteiger partial charge in [-0.25, -0.2) is 4.98 Å². The summed E-state index contributed by atoms with van der Waals surface area (Å²) in [5.74, 6) is 0. The van der Waals surface area contributed by atoms with Crippen molar-refractivity contribution in [2.24, 2.45) is 0 Å². The molecule has 0 fully saturated rings. The molecule has 0 spiro atoms. The molecular formula is C8H8N2S2. The molecule has 0 atom stereocenters. The topological polar surface area (TPSA) is 17.8 Å². The van der Waals surface area contributed by atoms with E-state index in [9.17, 15) is 0 Å². The second-order valence-corrected chi connectivity index (χ2v) is 3.72. The second kappa shape index (κ2) is 2.95. The lowest BCUT2D eigenvalue weighted by atomic mass is 10.4. The average molecular weight is 196 g/mol. The Balaban J connectivity index is 2.88. The van der Waals surface area contributed by atoms with E-state index in [2.05, 4.69) is 16.5 Å². The predicted molar refractivity (Wildman–Crippen MR) is 54.1 cm³/mol. The van der Waals surface area contributed by atoms with Gasteiger partial charge in [0.1, 0.15) is 4.64 Å². The molecule has 62 valence electrons. The lowest BCUT2D eigenvalue weighted by Crippen LogP contribution is -1.95. The number of pyridine rings is 1. The quantitative estimate of drug-likeness (QED) is 0.653. The molecule has 2 heterocycles. The normalized spacial score (nSPS) is 10.8. The molecule has 0 aromatic carbocycles. The van der Waals surface area contributed by atoms with Gasteiger partial charge in [-0.15, -0.1) is 11.3 Å². The summed E-state index contributed by atoms with van der Waals surface area (Å²) < 4.78 is 4.07. The zero-order valence-corrected chi connectivity index (χ0v) is 8.28.